The molecule has 0 radical (unpaired) electrons. The van der Waals surface area contributed by atoms with Gasteiger partial charge in [0.05, 0.1) is 4.88 Å². The summed E-state index contributed by atoms with van der Waals surface area (Å²) in [6.45, 7) is 5.34. The molecule has 134 valence electrons. The fraction of sp³-hybridized carbons (Fsp3) is 0.737. The van der Waals surface area contributed by atoms with Crippen LogP contribution in [0.1, 0.15) is 59.1 Å². The van der Waals surface area contributed by atoms with Gasteiger partial charge in [-0.05, 0) is 75.0 Å². The predicted octanol–water partition coefficient (Wildman–Crippen LogP) is 3.90. The SMILES string of the molecule is CC1CCc2sc(C(=O)N3CCC(NCC4CC4)CC3)cc2C1.Cl. The Labute approximate surface area is 155 Å². The molecule has 1 amide bonds. The van der Waals surface area contributed by atoms with Crippen molar-refractivity contribution in [3.8, 4) is 0 Å². The van der Waals surface area contributed by atoms with Gasteiger partial charge in [-0.3, -0.25) is 4.79 Å². The van der Waals surface area contributed by atoms with E-state index in [0.29, 0.717) is 6.04 Å². The highest BCUT2D eigenvalue weighted by molar-refractivity contribution is 7.14. The highest BCUT2D eigenvalue weighted by Gasteiger charge is 2.28. The molecule has 2 aliphatic carbocycles. The lowest BCUT2D eigenvalue weighted by molar-refractivity contribution is 0.0710. The zero-order chi connectivity index (χ0) is 15.8. The van der Waals surface area contributed by atoms with Crippen LogP contribution in [0, 0.1) is 11.8 Å². The van der Waals surface area contributed by atoms with Crippen molar-refractivity contribution in [1.82, 2.24) is 10.2 Å². The third-order valence-electron chi connectivity index (χ3n) is 5.71. The maximum absolute atomic E-state index is 12.8. The van der Waals surface area contributed by atoms with E-state index in [1.54, 1.807) is 11.3 Å². The number of carbonyl (C=O) groups excluding carboxylic acids is 1. The van der Waals surface area contributed by atoms with Gasteiger partial charge in [-0.25, -0.2) is 0 Å². The number of aryl methyl sites for hydroxylation is 1. The van der Waals surface area contributed by atoms with Crippen molar-refractivity contribution in [1.29, 1.82) is 0 Å². The molecule has 5 heteroatoms. The molecule has 2 heterocycles. The molecule has 0 bridgehead atoms. The number of carbonyl (C=O) groups is 1. The van der Waals surface area contributed by atoms with E-state index in [9.17, 15) is 4.79 Å². The van der Waals surface area contributed by atoms with Crippen molar-refractivity contribution in [3.63, 3.8) is 0 Å². The highest BCUT2D eigenvalue weighted by atomic mass is 35.5. The van der Waals surface area contributed by atoms with Gasteiger partial charge in [0, 0.05) is 24.0 Å². The van der Waals surface area contributed by atoms with E-state index < -0.39 is 0 Å². The average molecular weight is 369 g/mol. The first-order valence-corrected chi connectivity index (χ1v) is 10.1. The molecule has 1 aliphatic heterocycles. The van der Waals surface area contributed by atoms with Gasteiger partial charge in [0.25, 0.3) is 5.91 Å². The summed E-state index contributed by atoms with van der Waals surface area (Å²) in [6, 6.07) is 2.81. The van der Waals surface area contributed by atoms with Crippen LogP contribution < -0.4 is 5.32 Å². The fourth-order valence-electron chi connectivity index (χ4n) is 3.91. The Morgan fingerprint density at radius 2 is 2.00 bits per heavy atom. The largest absolute Gasteiger partial charge is 0.338 e. The molecule has 3 aliphatic rings. The second-order valence-electron chi connectivity index (χ2n) is 7.83. The van der Waals surface area contributed by atoms with Crippen molar-refractivity contribution in [2.24, 2.45) is 11.8 Å². The maximum atomic E-state index is 12.8. The molecule has 1 aromatic rings. The minimum Gasteiger partial charge on any atom is -0.338 e. The lowest BCUT2D eigenvalue weighted by Gasteiger charge is -2.32. The minimum atomic E-state index is 0. The van der Waals surface area contributed by atoms with Gasteiger partial charge in [0.15, 0.2) is 0 Å². The first-order valence-electron chi connectivity index (χ1n) is 9.33. The summed E-state index contributed by atoms with van der Waals surface area (Å²) in [7, 11) is 0. The van der Waals surface area contributed by atoms with Crippen LogP contribution in [0.3, 0.4) is 0 Å². The molecule has 1 saturated carbocycles. The van der Waals surface area contributed by atoms with Crippen LogP contribution in [0.15, 0.2) is 6.07 Å². The average Bonchev–Trinajstić information content (AvgIpc) is 3.30. The summed E-state index contributed by atoms with van der Waals surface area (Å²) in [4.78, 5) is 17.3. The second-order valence-corrected chi connectivity index (χ2v) is 8.96. The first kappa shape index (κ1) is 18.2. The van der Waals surface area contributed by atoms with Crippen LogP contribution in [-0.2, 0) is 12.8 Å². The Morgan fingerprint density at radius 1 is 1.25 bits per heavy atom. The van der Waals surface area contributed by atoms with E-state index in [4.69, 9.17) is 0 Å². The quantitative estimate of drug-likeness (QED) is 0.874. The Bertz CT molecular complexity index is 576. The van der Waals surface area contributed by atoms with Crippen molar-refractivity contribution in [3.05, 3.63) is 21.4 Å². The summed E-state index contributed by atoms with van der Waals surface area (Å²) in [5.41, 5.74) is 1.44. The normalized spacial score (nSPS) is 24.4. The maximum Gasteiger partial charge on any atom is 0.263 e. The number of likely N-dealkylation sites (tertiary alicyclic amines) is 1. The van der Waals surface area contributed by atoms with Crippen molar-refractivity contribution < 1.29 is 4.79 Å². The zero-order valence-corrected chi connectivity index (χ0v) is 16.2. The fourth-order valence-corrected chi connectivity index (χ4v) is 5.09. The molecule has 3 nitrogen and oxygen atoms in total. The van der Waals surface area contributed by atoms with Crippen molar-refractivity contribution in [2.45, 2.75) is 57.9 Å². The van der Waals surface area contributed by atoms with Crippen LogP contribution in [-0.4, -0.2) is 36.5 Å². The number of piperidine rings is 1. The Balaban J connectivity index is 0.00000169. The number of fused-ring (bicyclic) bond motifs is 1. The van der Waals surface area contributed by atoms with Gasteiger partial charge in [-0.2, -0.15) is 0 Å². The van der Waals surface area contributed by atoms with Gasteiger partial charge >= 0.3 is 0 Å². The number of amides is 1. The van der Waals surface area contributed by atoms with E-state index in [2.05, 4.69) is 23.2 Å². The first-order chi connectivity index (χ1) is 11.2. The molecule has 1 aromatic heterocycles. The molecule has 1 saturated heterocycles. The van der Waals surface area contributed by atoms with Gasteiger partial charge in [0.1, 0.15) is 0 Å². The minimum absolute atomic E-state index is 0. The lowest BCUT2D eigenvalue weighted by atomic mass is 9.90. The summed E-state index contributed by atoms with van der Waals surface area (Å²) < 4.78 is 0. The van der Waals surface area contributed by atoms with Crippen LogP contribution in [0.25, 0.3) is 0 Å². The van der Waals surface area contributed by atoms with E-state index in [-0.39, 0.29) is 18.3 Å². The van der Waals surface area contributed by atoms with E-state index in [0.717, 1.165) is 49.1 Å². The number of nitrogens with zero attached hydrogens (tertiary/aromatic N) is 1. The number of hydrogen-bond acceptors (Lipinski definition) is 3. The highest BCUT2D eigenvalue weighted by Crippen LogP contribution is 2.33. The molecular weight excluding hydrogens is 340 g/mol. The molecular formula is C19H29ClN2OS. The Kier molecular flexibility index (Phi) is 5.89. The van der Waals surface area contributed by atoms with Crippen molar-refractivity contribution >= 4 is 29.7 Å². The van der Waals surface area contributed by atoms with Crippen LogP contribution >= 0.6 is 23.7 Å². The summed E-state index contributed by atoms with van der Waals surface area (Å²) in [6.07, 6.45) is 8.65. The van der Waals surface area contributed by atoms with Crippen molar-refractivity contribution in [2.75, 3.05) is 19.6 Å². The monoisotopic (exact) mass is 368 g/mol. The molecule has 4 rings (SSSR count). The van der Waals surface area contributed by atoms with E-state index in [1.165, 1.54) is 42.7 Å². The van der Waals surface area contributed by atoms with E-state index in [1.807, 2.05) is 0 Å². The molecule has 0 spiro atoms. The third kappa shape index (κ3) is 4.14. The van der Waals surface area contributed by atoms with Crippen LogP contribution in [0.5, 0.6) is 0 Å². The molecule has 0 aromatic carbocycles. The van der Waals surface area contributed by atoms with Gasteiger partial charge < -0.3 is 10.2 Å². The summed E-state index contributed by atoms with van der Waals surface area (Å²) in [5.74, 6) is 1.99. The van der Waals surface area contributed by atoms with Crippen LogP contribution in [0.4, 0.5) is 0 Å². The zero-order valence-electron chi connectivity index (χ0n) is 14.6. The number of rotatable bonds is 4. The molecule has 24 heavy (non-hydrogen) atoms. The predicted molar refractivity (Wildman–Crippen MR) is 102 cm³/mol. The second kappa shape index (κ2) is 7.76. The third-order valence-corrected chi connectivity index (χ3v) is 6.94. The smallest absolute Gasteiger partial charge is 0.263 e. The summed E-state index contributed by atoms with van der Waals surface area (Å²) >= 11 is 1.76. The van der Waals surface area contributed by atoms with E-state index >= 15 is 0 Å². The number of halogens is 1. The van der Waals surface area contributed by atoms with Gasteiger partial charge in [-0.15, -0.1) is 23.7 Å². The number of hydrogen-bond donors (Lipinski definition) is 1. The number of nitrogens with one attached hydrogen (secondary N) is 1. The Hall–Kier alpha value is -0.580. The lowest BCUT2D eigenvalue weighted by Crippen LogP contribution is -2.45. The molecule has 2 fully saturated rings. The topological polar surface area (TPSA) is 32.3 Å². The Morgan fingerprint density at radius 3 is 2.71 bits per heavy atom. The standard InChI is InChI=1S/C19H28N2OS.ClH/c1-13-2-5-17-15(10-13)11-18(23-17)19(22)21-8-6-16(7-9-21)20-12-14-3-4-14;/h11,13-14,16,20H,2-10,12H2,1H3;1H. The number of thiophene rings is 1. The van der Waals surface area contributed by atoms with Crippen LogP contribution in [0.2, 0.25) is 0 Å². The van der Waals surface area contributed by atoms with Gasteiger partial charge in [-0.1, -0.05) is 6.92 Å². The molecule has 1 unspecified atom stereocenters. The molecule has 1 atom stereocenters. The summed E-state index contributed by atoms with van der Waals surface area (Å²) in [5, 5.41) is 3.69. The van der Waals surface area contributed by atoms with Gasteiger partial charge in [0.2, 0.25) is 0 Å². The molecule has 1 N–H and O–H groups in total.